The van der Waals surface area contributed by atoms with Gasteiger partial charge in [-0.1, -0.05) is 0 Å². The lowest BCUT2D eigenvalue weighted by molar-refractivity contribution is 0.313. The van der Waals surface area contributed by atoms with Gasteiger partial charge in [-0.3, -0.25) is 0 Å². The Kier molecular flexibility index (Phi) is 2.67. The van der Waals surface area contributed by atoms with Gasteiger partial charge in [0.15, 0.2) is 0 Å². The van der Waals surface area contributed by atoms with Crippen molar-refractivity contribution in [2.45, 2.75) is 0 Å². The highest BCUT2D eigenvalue weighted by atomic mass is 15.2. The van der Waals surface area contributed by atoms with Crippen molar-refractivity contribution < 1.29 is 0 Å². The van der Waals surface area contributed by atoms with E-state index in [-0.39, 0.29) is 0 Å². The number of nitrogens with two attached hydrogens (primary N) is 1. The van der Waals surface area contributed by atoms with Crippen molar-refractivity contribution in [1.29, 1.82) is 0 Å². The van der Waals surface area contributed by atoms with Gasteiger partial charge in [0.2, 0.25) is 0 Å². The molecule has 1 aromatic heterocycles. The summed E-state index contributed by atoms with van der Waals surface area (Å²) in [5.41, 5.74) is 9.37. The number of likely N-dealkylation sites (N-methyl/N-ethyl adjacent to an activating group) is 1. The summed E-state index contributed by atoms with van der Waals surface area (Å²) in [6.45, 7) is 4.38. The number of nitrogens with zero attached hydrogens (tertiary/aromatic N) is 3. The molecule has 2 aromatic rings. The Morgan fingerprint density at radius 1 is 1.06 bits per heavy atom. The first-order valence-electron chi connectivity index (χ1n) is 6.43. The summed E-state index contributed by atoms with van der Waals surface area (Å²) in [6.07, 6.45) is 2.10. The number of rotatable bonds is 1. The number of anilines is 2. The van der Waals surface area contributed by atoms with Gasteiger partial charge in [0, 0.05) is 56.2 Å². The standard InChI is InChI=1S/C14H20N4/c1-16-5-7-18(8-6-16)14-10-11(15)9-13-12(14)3-4-17(13)2/h3-4,9-10H,5-8,15H2,1-2H3. The molecule has 0 unspecified atom stereocenters. The van der Waals surface area contributed by atoms with E-state index in [0.717, 1.165) is 31.9 Å². The normalized spacial score (nSPS) is 17.6. The van der Waals surface area contributed by atoms with Crippen LogP contribution in [0.3, 0.4) is 0 Å². The highest BCUT2D eigenvalue weighted by Gasteiger charge is 2.17. The molecular weight excluding hydrogens is 224 g/mol. The average Bonchev–Trinajstić information content (AvgIpc) is 2.71. The highest BCUT2D eigenvalue weighted by molar-refractivity contribution is 5.95. The van der Waals surface area contributed by atoms with Crippen molar-refractivity contribution >= 4 is 22.3 Å². The molecule has 1 aliphatic heterocycles. The second-order valence-electron chi connectivity index (χ2n) is 5.19. The van der Waals surface area contributed by atoms with Crippen LogP contribution in [0.1, 0.15) is 0 Å². The largest absolute Gasteiger partial charge is 0.399 e. The molecular formula is C14H20N4. The van der Waals surface area contributed by atoms with Gasteiger partial charge in [-0.15, -0.1) is 0 Å². The monoisotopic (exact) mass is 244 g/mol. The van der Waals surface area contributed by atoms with E-state index in [0.29, 0.717) is 0 Å². The minimum absolute atomic E-state index is 0.846. The fraction of sp³-hybridized carbons (Fsp3) is 0.429. The molecule has 1 fully saturated rings. The summed E-state index contributed by atoms with van der Waals surface area (Å²) in [5.74, 6) is 0. The first-order chi connectivity index (χ1) is 8.65. The van der Waals surface area contributed by atoms with Crippen LogP contribution in [0.25, 0.3) is 10.9 Å². The molecule has 2 N–H and O–H groups in total. The Balaban J connectivity index is 2.05. The molecule has 0 aliphatic carbocycles. The second-order valence-corrected chi connectivity index (χ2v) is 5.19. The molecule has 18 heavy (non-hydrogen) atoms. The fourth-order valence-corrected chi connectivity index (χ4v) is 2.68. The molecule has 0 saturated carbocycles. The Morgan fingerprint density at radius 3 is 2.50 bits per heavy atom. The van der Waals surface area contributed by atoms with E-state index < -0.39 is 0 Å². The molecule has 1 saturated heterocycles. The van der Waals surface area contributed by atoms with E-state index in [1.54, 1.807) is 0 Å². The zero-order valence-corrected chi connectivity index (χ0v) is 11.1. The van der Waals surface area contributed by atoms with Crippen molar-refractivity contribution in [3.8, 4) is 0 Å². The highest BCUT2D eigenvalue weighted by Crippen LogP contribution is 2.30. The van der Waals surface area contributed by atoms with Crippen LogP contribution in [0.4, 0.5) is 11.4 Å². The maximum Gasteiger partial charge on any atom is 0.0519 e. The van der Waals surface area contributed by atoms with Crippen molar-refractivity contribution in [2.75, 3.05) is 43.9 Å². The smallest absolute Gasteiger partial charge is 0.0519 e. The molecule has 0 radical (unpaired) electrons. The van der Waals surface area contributed by atoms with Gasteiger partial charge in [0.05, 0.1) is 5.52 Å². The molecule has 0 atom stereocenters. The topological polar surface area (TPSA) is 37.4 Å². The molecule has 4 nitrogen and oxygen atoms in total. The van der Waals surface area contributed by atoms with E-state index in [9.17, 15) is 0 Å². The summed E-state index contributed by atoms with van der Waals surface area (Å²) in [4.78, 5) is 4.81. The lowest BCUT2D eigenvalue weighted by Gasteiger charge is -2.34. The first-order valence-corrected chi connectivity index (χ1v) is 6.43. The molecule has 3 rings (SSSR count). The zero-order valence-electron chi connectivity index (χ0n) is 11.1. The maximum absolute atomic E-state index is 6.04. The minimum atomic E-state index is 0.846. The lowest BCUT2D eigenvalue weighted by Crippen LogP contribution is -2.44. The number of aryl methyl sites for hydroxylation is 1. The number of piperazine rings is 1. The first kappa shape index (κ1) is 11.4. The number of benzene rings is 1. The summed E-state index contributed by atoms with van der Waals surface area (Å²) in [5, 5.41) is 1.30. The van der Waals surface area contributed by atoms with Crippen molar-refractivity contribution in [3.63, 3.8) is 0 Å². The van der Waals surface area contributed by atoms with Crippen LogP contribution in [0.5, 0.6) is 0 Å². The summed E-state index contributed by atoms with van der Waals surface area (Å²) < 4.78 is 2.13. The van der Waals surface area contributed by atoms with E-state index in [2.05, 4.69) is 52.9 Å². The molecule has 4 heteroatoms. The molecule has 2 heterocycles. The number of hydrogen-bond acceptors (Lipinski definition) is 3. The van der Waals surface area contributed by atoms with Gasteiger partial charge in [0.1, 0.15) is 0 Å². The van der Waals surface area contributed by atoms with Crippen LogP contribution in [0.2, 0.25) is 0 Å². The van der Waals surface area contributed by atoms with E-state index in [1.165, 1.54) is 16.6 Å². The number of nitrogen functional groups attached to an aromatic ring is 1. The Labute approximate surface area is 108 Å². The molecule has 0 spiro atoms. The predicted octanol–water partition coefficient (Wildman–Crippen LogP) is 1.51. The van der Waals surface area contributed by atoms with Crippen LogP contribution in [-0.2, 0) is 7.05 Å². The minimum Gasteiger partial charge on any atom is -0.399 e. The second kappa shape index (κ2) is 4.21. The van der Waals surface area contributed by atoms with E-state index >= 15 is 0 Å². The van der Waals surface area contributed by atoms with E-state index in [4.69, 9.17) is 5.73 Å². The Bertz CT molecular complexity index is 564. The van der Waals surface area contributed by atoms with E-state index in [1.807, 2.05) is 0 Å². The van der Waals surface area contributed by atoms with Crippen molar-refractivity contribution in [3.05, 3.63) is 24.4 Å². The van der Waals surface area contributed by atoms with Gasteiger partial charge < -0.3 is 20.1 Å². The number of fused-ring (bicyclic) bond motifs is 1. The molecule has 1 aromatic carbocycles. The molecule has 0 amide bonds. The van der Waals surface area contributed by atoms with Crippen LogP contribution in [-0.4, -0.2) is 42.7 Å². The predicted molar refractivity (Wildman–Crippen MR) is 77.0 cm³/mol. The molecule has 96 valence electrons. The van der Waals surface area contributed by atoms with Gasteiger partial charge in [-0.2, -0.15) is 0 Å². The fourth-order valence-electron chi connectivity index (χ4n) is 2.68. The SMILES string of the molecule is CN1CCN(c2cc(N)cc3c2ccn3C)CC1. The van der Waals surface area contributed by atoms with Gasteiger partial charge >= 0.3 is 0 Å². The number of hydrogen-bond donors (Lipinski definition) is 1. The number of aromatic nitrogens is 1. The van der Waals surface area contributed by atoms with Gasteiger partial charge in [-0.05, 0) is 25.2 Å². The van der Waals surface area contributed by atoms with Crippen LogP contribution < -0.4 is 10.6 Å². The molecule has 0 bridgehead atoms. The molecule has 1 aliphatic rings. The average molecular weight is 244 g/mol. The van der Waals surface area contributed by atoms with Crippen molar-refractivity contribution in [1.82, 2.24) is 9.47 Å². The van der Waals surface area contributed by atoms with Crippen LogP contribution in [0, 0.1) is 0 Å². The zero-order chi connectivity index (χ0) is 12.7. The third-order valence-electron chi connectivity index (χ3n) is 3.85. The Hall–Kier alpha value is -1.68. The quantitative estimate of drug-likeness (QED) is 0.773. The summed E-state index contributed by atoms with van der Waals surface area (Å²) in [7, 11) is 4.24. The van der Waals surface area contributed by atoms with Crippen LogP contribution >= 0.6 is 0 Å². The van der Waals surface area contributed by atoms with Gasteiger partial charge in [0.25, 0.3) is 0 Å². The Morgan fingerprint density at radius 2 is 1.78 bits per heavy atom. The lowest BCUT2D eigenvalue weighted by atomic mass is 10.1. The van der Waals surface area contributed by atoms with Gasteiger partial charge in [-0.25, -0.2) is 0 Å². The third-order valence-corrected chi connectivity index (χ3v) is 3.85. The third kappa shape index (κ3) is 1.82. The summed E-state index contributed by atoms with van der Waals surface area (Å²) in [6, 6.07) is 6.34. The summed E-state index contributed by atoms with van der Waals surface area (Å²) >= 11 is 0. The van der Waals surface area contributed by atoms with Crippen LogP contribution in [0.15, 0.2) is 24.4 Å². The maximum atomic E-state index is 6.04. The van der Waals surface area contributed by atoms with Crippen molar-refractivity contribution in [2.24, 2.45) is 7.05 Å².